The van der Waals surface area contributed by atoms with E-state index in [2.05, 4.69) is 10.0 Å². The highest BCUT2D eigenvalue weighted by Gasteiger charge is 2.31. The fourth-order valence-electron chi connectivity index (χ4n) is 2.57. The van der Waals surface area contributed by atoms with Crippen molar-refractivity contribution in [3.8, 4) is 0 Å². The Kier molecular flexibility index (Phi) is 4.60. The Morgan fingerprint density at radius 3 is 2.57 bits per heavy atom. The molecular weight excluding hydrogens is 294 g/mol. The molecule has 0 bridgehead atoms. The number of nitrogens with one attached hydrogen (secondary N) is 2. The van der Waals surface area contributed by atoms with E-state index in [-0.39, 0.29) is 16.6 Å². The fraction of sp³-hybridized carbons (Fsp3) is 0.538. The van der Waals surface area contributed by atoms with Gasteiger partial charge >= 0.3 is 0 Å². The summed E-state index contributed by atoms with van der Waals surface area (Å²) in [5.41, 5.74) is 0.377. The van der Waals surface area contributed by atoms with E-state index in [1.54, 1.807) is 26.0 Å². The van der Waals surface area contributed by atoms with Gasteiger partial charge in [-0.1, -0.05) is 12.1 Å². The number of hydrogen-bond donors (Lipinski definition) is 2. The number of benzene rings is 1. The van der Waals surface area contributed by atoms with Gasteiger partial charge in [0.2, 0.25) is 10.0 Å². The maximum atomic E-state index is 12.6. The van der Waals surface area contributed by atoms with E-state index >= 15 is 0 Å². The third-order valence-electron chi connectivity index (χ3n) is 3.60. The summed E-state index contributed by atoms with van der Waals surface area (Å²) in [6.07, 6.45) is 1.60. The second-order valence-electron chi connectivity index (χ2n) is 5.30. The van der Waals surface area contributed by atoms with Crippen LogP contribution < -0.4 is 10.0 Å². The molecule has 1 aliphatic rings. The smallest absolute Gasteiger partial charge is 0.292 e. The molecule has 116 valence electrons. The molecule has 1 unspecified atom stereocenters. The van der Waals surface area contributed by atoms with Crippen molar-refractivity contribution in [1.82, 2.24) is 10.0 Å². The third kappa shape index (κ3) is 3.39. The molecule has 0 aliphatic carbocycles. The molecule has 8 heteroatoms. The lowest BCUT2D eigenvalue weighted by Crippen LogP contribution is -2.45. The summed E-state index contributed by atoms with van der Waals surface area (Å²) in [7, 11) is -3.92. The first-order valence-corrected chi connectivity index (χ1v) is 8.29. The van der Waals surface area contributed by atoms with Crippen molar-refractivity contribution in [2.24, 2.45) is 0 Å². The molecule has 1 saturated heterocycles. The van der Waals surface area contributed by atoms with Crippen LogP contribution in [0.3, 0.4) is 0 Å². The van der Waals surface area contributed by atoms with Crippen molar-refractivity contribution in [2.45, 2.75) is 37.6 Å². The van der Waals surface area contributed by atoms with E-state index in [4.69, 9.17) is 0 Å². The Labute approximate surface area is 123 Å². The molecule has 0 amide bonds. The van der Waals surface area contributed by atoms with Crippen LogP contribution in [0.5, 0.6) is 0 Å². The number of nitrogens with zero attached hydrogens (tertiary/aromatic N) is 1. The van der Waals surface area contributed by atoms with Gasteiger partial charge in [-0.25, -0.2) is 13.1 Å². The lowest BCUT2D eigenvalue weighted by Gasteiger charge is -2.24. The van der Waals surface area contributed by atoms with Crippen LogP contribution in [0.2, 0.25) is 0 Å². The highest BCUT2D eigenvalue weighted by Crippen LogP contribution is 2.30. The van der Waals surface area contributed by atoms with Gasteiger partial charge in [-0.2, -0.15) is 0 Å². The molecule has 0 saturated carbocycles. The quantitative estimate of drug-likeness (QED) is 0.643. The Bertz CT molecular complexity index is 652. The van der Waals surface area contributed by atoms with Gasteiger partial charge in [0.15, 0.2) is 4.90 Å². The van der Waals surface area contributed by atoms with Gasteiger partial charge in [0, 0.05) is 18.2 Å². The fourth-order valence-corrected chi connectivity index (χ4v) is 4.31. The molecule has 1 aromatic rings. The minimum absolute atomic E-state index is 0.224. The SMILES string of the molecule is Cc1ccc(C)c(S(=O)(=O)NC2CCCNC2)c1[N+](=O)[O-]. The molecule has 1 aromatic carbocycles. The summed E-state index contributed by atoms with van der Waals surface area (Å²) in [5, 5.41) is 14.3. The first kappa shape index (κ1) is 15.9. The number of rotatable bonds is 4. The minimum Gasteiger partial charge on any atom is -0.315 e. The molecule has 2 N–H and O–H groups in total. The zero-order chi connectivity index (χ0) is 15.6. The Balaban J connectivity index is 2.44. The minimum atomic E-state index is -3.92. The van der Waals surface area contributed by atoms with Crippen LogP contribution in [0.15, 0.2) is 17.0 Å². The zero-order valence-corrected chi connectivity index (χ0v) is 12.9. The lowest BCUT2D eigenvalue weighted by molar-refractivity contribution is -0.388. The van der Waals surface area contributed by atoms with Crippen molar-refractivity contribution in [1.29, 1.82) is 0 Å². The number of piperidine rings is 1. The van der Waals surface area contributed by atoms with Crippen LogP contribution >= 0.6 is 0 Å². The van der Waals surface area contributed by atoms with Crippen LogP contribution in [-0.4, -0.2) is 32.5 Å². The predicted molar refractivity (Wildman–Crippen MR) is 78.8 cm³/mol. The molecule has 0 spiro atoms. The van der Waals surface area contributed by atoms with Crippen LogP contribution in [0, 0.1) is 24.0 Å². The molecule has 0 radical (unpaired) electrons. The van der Waals surface area contributed by atoms with Crippen LogP contribution in [0.4, 0.5) is 5.69 Å². The standard InChI is InChI=1S/C13H19N3O4S/c1-9-5-6-10(2)13(12(9)16(17)18)21(19,20)15-11-4-3-7-14-8-11/h5-6,11,14-15H,3-4,7-8H2,1-2H3. The van der Waals surface area contributed by atoms with Crippen molar-refractivity contribution in [3.63, 3.8) is 0 Å². The van der Waals surface area contributed by atoms with E-state index in [0.29, 0.717) is 17.7 Å². The molecular formula is C13H19N3O4S. The van der Waals surface area contributed by atoms with E-state index in [9.17, 15) is 18.5 Å². The van der Waals surface area contributed by atoms with E-state index in [1.165, 1.54) is 0 Å². The van der Waals surface area contributed by atoms with Crippen molar-refractivity contribution >= 4 is 15.7 Å². The molecule has 1 fully saturated rings. The number of nitro benzene ring substituents is 1. The topological polar surface area (TPSA) is 101 Å². The Morgan fingerprint density at radius 1 is 1.33 bits per heavy atom. The summed E-state index contributed by atoms with van der Waals surface area (Å²) < 4.78 is 27.7. The van der Waals surface area contributed by atoms with Gasteiger partial charge in [0.05, 0.1) is 4.92 Å². The second-order valence-corrected chi connectivity index (χ2v) is 6.95. The van der Waals surface area contributed by atoms with Crippen molar-refractivity contribution < 1.29 is 13.3 Å². The number of sulfonamides is 1. The van der Waals surface area contributed by atoms with E-state index < -0.39 is 14.9 Å². The normalized spacial score (nSPS) is 19.4. The zero-order valence-electron chi connectivity index (χ0n) is 12.0. The molecule has 21 heavy (non-hydrogen) atoms. The second kappa shape index (κ2) is 6.08. The largest absolute Gasteiger partial charge is 0.315 e. The van der Waals surface area contributed by atoms with Crippen molar-refractivity contribution in [3.05, 3.63) is 33.4 Å². The Hall–Kier alpha value is -1.51. The molecule has 7 nitrogen and oxygen atoms in total. The highest BCUT2D eigenvalue weighted by atomic mass is 32.2. The van der Waals surface area contributed by atoms with Crippen LogP contribution in [0.1, 0.15) is 24.0 Å². The molecule has 0 aromatic heterocycles. The monoisotopic (exact) mass is 313 g/mol. The Morgan fingerprint density at radius 2 is 2.00 bits per heavy atom. The summed E-state index contributed by atoms with van der Waals surface area (Å²) in [6, 6.07) is 2.92. The van der Waals surface area contributed by atoms with Gasteiger partial charge in [0.1, 0.15) is 0 Å². The van der Waals surface area contributed by atoms with Crippen LogP contribution in [-0.2, 0) is 10.0 Å². The third-order valence-corrected chi connectivity index (χ3v) is 5.30. The van der Waals surface area contributed by atoms with Gasteiger partial charge in [-0.15, -0.1) is 0 Å². The lowest BCUT2D eigenvalue weighted by atomic mass is 10.1. The van der Waals surface area contributed by atoms with Crippen LogP contribution in [0.25, 0.3) is 0 Å². The summed E-state index contributed by atoms with van der Waals surface area (Å²) in [4.78, 5) is 10.4. The average Bonchev–Trinajstić information content (AvgIpc) is 2.41. The van der Waals surface area contributed by atoms with Gasteiger partial charge < -0.3 is 5.32 Å². The molecule has 1 aliphatic heterocycles. The molecule has 1 atom stereocenters. The average molecular weight is 313 g/mol. The number of aryl methyl sites for hydroxylation is 2. The van der Waals surface area contributed by atoms with Gasteiger partial charge in [-0.3, -0.25) is 10.1 Å². The van der Waals surface area contributed by atoms with Gasteiger partial charge in [-0.05, 0) is 38.8 Å². The summed E-state index contributed by atoms with van der Waals surface area (Å²) >= 11 is 0. The van der Waals surface area contributed by atoms with E-state index in [1.807, 2.05) is 0 Å². The first-order chi connectivity index (χ1) is 9.83. The maximum absolute atomic E-state index is 12.6. The highest BCUT2D eigenvalue weighted by molar-refractivity contribution is 7.89. The predicted octanol–water partition coefficient (Wildman–Crippen LogP) is 1.24. The molecule has 2 rings (SSSR count). The number of hydrogen-bond acceptors (Lipinski definition) is 5. The summed E-state index contributed by atoms with van der Waals surface area (Å²) in [6.45, 7) is 4.51. The summed E-state index contributed by atoms with van der Waals surface area (Å²) in [5.74, 6) is 0. The maximum Gasteiger partial charge on any atom is 0.292 e. The first-order valence-electron chi connectivity index (χ1n) is 6.80. The molecule has 1 heterocycles. The van der Waals surface area contributed by atoms with E-state index in [0.717, 1.165) is 19.4 Å². The number of nitro groups is 1. The van der Waals surface area contributed by atoms with Crippen molar-refractivity contribution in [2.75, 3.05) is 13.1 Å². The van der Waals surface area contributed by atoms with Gasteiger partial charge in [0.25, 0.3) is 5.69 Å².